The van der Waals surface area contributed by atoms with Crippen molar-refractivity contribution in [3.8, 4) is 34.7 Å². The molecule has 0 saturated heterocycles. The monoisotopic (exact) mass is 455 g/mol. The highest BCUT2D eigenvalue weighted by molar-refractivity contribution is 7.98. The van der Waals surface area contributed by atoms with E-state index < -0.39 is 0 Å². The van der Waals surface area contributed by atoms with Crippen molar-refractivity contribution in [1.82, 2.24) is 9.97 Å². The molecular formula is C25H18FN5OS. The number of hydrogen-bond donors (Lipinski definition) is 1. The Morgan fingerprint density at radius 3 is 2.21 bits per heavy atom. The van der Waals surface area contributed by atoms with Crippen molar-refractivity contribution in [3.05, 3.63) is 82.5 Å². The molecule has 0 bridgehead atoms. The number of aromatic nitrogens is 2. The molecule has 0 saturated carbocycles. The first-order valence-corrected chi connectivity index (χ1v) is 11.0. The van der Waals surface area contributed by atoms with Crippen molar-refractivity contribution in [2.24, 2.45) is 0 Å². The summed E-state index contributed by atoms with van der Waals surface area (Å²) in [5.41, 5.74) is 10.1. The van der Waals surface area contributed by atoms with Crippen LogP contribution >= 0.6 is 11.8 Å². The Bertz CT molecular complexity index is 1410. The molecule has 4 rings (SSSR count). The minimum absolute atomic E-state index is 0.0680. The van der Waals surface area contributed by atoms with Crippen LogP contribution in [-0.2, 0) is 5.75 Å². The average Bonchev–Trinajstić information content (AvgIpc) is 3.18. The number of benzene rings is 2. The molecule has 0 aliphatic rings. The summed E-state index contributed by atoms with van der Waals surface area (Å²) in [6.45, 7) is 3.75. The first-order chi connectivity index (χ1) is 15.9. The molecule has 0 radical (unpaired) electrons. The molecule has 0 atom stereocenters. The van der Waals surface area contributed by atoms with Gasteiger partial charge in [-0.25, -0.2) is 14.4 Å². The fraction of sp³-hybridized carbons (Fsp3) is 0.120. The van der Waals surface area contributed by atoms with Gasteiger partial charge in [0.05, 0.1) is 11.3 Å². The van der Waals surface area contributed by atoms with Crippen molar-refractivity contribution < 1.29 is 8.81 Å². The van der Waals surface area contributed by atoms with Gasteiger partial charge in [-0.3, -0.25) is 0 Å². The number of oxazole rings is 1. The average molecular weight is 456 g/mol. The number of anilines is 1. The van der Waals surface area contributed by atoms with E-state index in [0.29, 0.717) is 39.3 Å². The Morgan fingerprint density at radius 2 is 1.58 bits per heavy atom. The molecule has 0 amide bonds. The van der Waals surface area contributed by atoms with Crippen LogP contribution in [0.3, 0.4) is 0 Å². The minimum atomic E-state index is -0.337. The molecule has 33 heavy (non-hydrogen) atoms. The van der Waals surface area contributed by atoms with Gasteiger partial charge in [0.1, 0.15) is 40.1 Å². The minimum Gasteiger partial charge on any atom is -0.441 e. The van der Waals surface area contributed by atoms with E-state index in [2.05, 4.69) is 22.1 Å². The second kappa shape index (κ2) is 9.15. The van der Waals surface area contributed by atoms with Crippen LogP contribution in [0.5, 0.6) is 0 Å². The lowest BCUT2D eigenvalue weighted by atomic mass is 9.96. The Labute approximate surface area is 194 Å². The van der Waals surface area contributed by atoms with Crippen LogP contribution in [0.15, 0.2) is 58.0 Å². The molecular weight excluding hydrogens is 437 g/mol. The molecule has 6 nitrogen and oxygen atoms in total. The van der Waals surface area contributed by atoms with E-state index >= 15 is 0 Å². The topological polar surface area (TPSA) is 113 Å². The van der Waals surface area contributed by atoms with Crippen LogP contribution in [0, 0.1) is 42.3 Å². The summed E-state index contributed by atoms with van der Waals surface area (Å²) in [4.78, 5) is 8.86. The van der Waals surface area contributed by atoms with Crippen molar-refractivity contribution in [2.75, 3.05) is 5.73 Å². The SMILES string of the molecule is Cc1ccc(-c2c(C#N)c(N)nc(SCc3nc(-c4ccc(F)cc4)oc3C)c2C#N)cc1. The molecule has 0 aliphatic carbocycles. The lowest BCUT2D eigenvalue weighted by Gasteiger charge is -2.13. The van der Waals surface area contributed by atoms with Crippen LogP contribution < -0.4 is 5.73 Å². The molecule has 2 heterocycles. The molecule has 0 aliphatic heterocycles. The number of nitrogens with two attached hydrogens (primary N) is 1. The normalized spacial score (nSPS) is 10.6. The van der Waals surface area contributed by atoms with Crippen LogP contribution in [0.4, 0.5) is 10.2 Å². The quantitative estimate of drug-likeness (QED) is 0.380. The number of halogens is 1. The predicted molar refractivity (Wildman–Crippen MR) is 124 cm³/mol. The summed E-state index contributed by atoms with van der Waals surface area (Å²) < 4.78 is 19.0. The number of aryl methyl sites for hydroxylation is 2. The number of hydrogen-bond acceptors (Lipinski definition) is 7. The maximum absolute atomic E-state index is 13.2. The molecule has 4 aromatic rings. The maximum Gasteiger partial charge on any atom is 0.226 e. The van der Waals surface area contributed by atoms with Crippen LogP contribution in [0.25, 0.3) is 22.6 Å². The van der Waals surface area contributed by atoms with Crippen LogP contribution in [0.1, 0.15) is 28.1 Å². The van der Waals surface area contributed by atoms with E-state index in [1.165, 1.54) is 23.9 Å². The smallest absolute Gasteiger partial charge is 0.226 e. The summed E-state index contributed by atoms with van der Waals surface area (Å²) in [6.07, 6.45) is 0. The number of thioether (sulfide) groups is 1. The maximum atomic E-state index is 13.2. The van der Waals surface area contributed by atoms with E-state index in [0.717, 1.165) is 11.1 Å². The second-order valence-corrected chi connectivity index (χ2v) is 8.30. The van der Waals surface area contributed by atoms with E-state index in [-0.39, 0.29) is 22.8 Å². The van der Waals surface area contributed by atoms with E-state index in [4.69, 9.17) is 10.2 Å². The molecule has 8 heteroatoms. The van der Waals surface area contributed by atoms with E-state index in [1.807, 2.05) is 31.2 Å². The molecule has 162 valence electrons. The zero-order chi connectivity index (χ0) is 23.5. The number of nitriles is 2. The first kappa shape index (κ1) is 22.1. The predicted octanol–water partition coefficient (Wildman–Crippen LogP) is 5.78. The molecule has 2 aromatic heterocycles. The van der Waals surface area contributed by atoms with Gasteiger partial charge in [-0.15, -0.1) is 0 Å². The van der Waals surface area contributed by atoms with Gasteiger partial charge < -0.3 is 10.2 Å². The zero-order valence-corrected chi connectivity index (χ0v) is 18.7. The van der Waals surface area contributed by atoms with Gasteiger partial charge in [0.2, 0.25) is 5.89 Å². The van der Waals surface area contributed by atoms with Crippen LogP contribution in [-0.4, -0.2) is 9.97 Å². The van der Waals surface area contributed by atoms with Gasteiger partial charge in [-0.2, -0.15) is 10.5 Å². The summed E-state index contributed by atoms with van der Waals surface area (Å²) in [5, 5.41) is 20.0. The molecule has 0 spiro atoms. The standard InChI is InChI=1S/C25H18FN5OS/c1-14-3-5-16(6-4-14)22-19(11-27)23(29)31-25(20(22)12-28)33-13-21-15(2)32-24(30-21)17-7-9-18(26)10-8-17/h3-10H,13H2,1-2H3,(H2,29,31). The summed E-state index contributed by atoms with van der Waals surface area (Å²) in [5.74, 6) is 1.10. The van der Waals surface area contributed by atoms with Crippen molar-refractivity contribution in [3.63, 3.8) is 0 Å². The first-order valence-electron chi connectivity index (χ1n) is 9.97. The van der Waals surface area contributed by atoms with Crippen molar-refractivity contribution in [2.45, 2.75) is 24.6 Å². The highest BCUT2D eigenvalue weighted by Crippen LogP contribution is 2.37. The third-order valence-electron chi connectivity index (χ3n) is 5.09. The highest BCUT2D eigenvalue weighted by atomic mass is 32.2. The number of nitrogens with zero attached hydrogens (tertiary/aromatic N) is 4. The Morgan fingerprint density at radius 1 is 0.939 bits per heavy atom. The molecule has 2 N–H and O–H groups in total. The second-order valence-electron chi connectivity index (χ2n) is 7.33. The van der Waals surface area contributed by atoms with E-state index in [1.54, 1.807) is 19.1 Å². The number of rotatable bonds is 5. The fourth-order valence-corrected chi connectivity index (χ4v) is 4.32. The lowest BCUT2D eigenvalue weighted by Crippen LogP contribution is -2.03. The summed E-state index contributed by atoms with van der Waals surface area (Å²) in [7, 11) is 0. The Kier molecular flexibility index (Phi) is 6.12. The van der Waals surface area contributed by atoms with Gasteiger partial charge in [0.15, 0.2) is 0 Å². The third kappa shape index (κ3) is 4.43. The fourth-order valence-electron chi connectivity index (χ4n) is 3.33. The molecule has 0 fully saturated rings. The highest BCUT2D eigenvalue weighted by Gasteiger charge is 2.21. The number of pyridine rings is 1. The van der Waals surface area contributed by atoms with Gasteiger partial charge in [0, 0.05) is 16.9 Å². The van der Waals surface area contributed by atoms with Gasteiger partial charge in [0.25, 0.3) is 0 Å². The van der Waals surface area contributed by atoms with Gasteiger partial charge in [-0.05, 0) is 43.7 Å². The van der Waals surface area contributed by atoms with E-state index in [9.17, 15) is 14.9 Å². The van der Waals surface area contributed by atoms with Gasteiger partial charge >= 0.3 is 0 Å². The molecule has 2 aromatic carbocycles. The Balaban J connectivity index is 1.70. The zero-order valence-electron chi connectivity index (χ0n) is 17.9. The lowest BCUT2D eigenvalue weighted by molar-refractivity contribution is 0.540. The Hall–Kier alpha value is -4.14. The number of nitrogen functional groups attached to an aromatic ring is 1. The van der Waals surface area contributed by atoms with Crippen molar-refractivity contribution in [1.29, 1.82) is 10.5 Å². The summed E-state index contributed by atoms with van der Waals surface area (Å²) in [6, 6.07) is 17.7. The third-order valence-corrected chi connectivity index (χ3v) is 6.07. The van der Waals surface area contributed by atoms with Crippen LogP contribution in [0.2, 0.25) is 0 Å². The molecule has 0 unspecified atom stereocenters. The van der Waals surface area contributed by atoms with Crippen molar-refractivity contribution >= 4 is 17.6 Å². The summed E-state index contributed by atoms with van der Waals surface area (Å²) >= 11 is 1.29. The van der Waals surface area contributed by atoms with Gasteiger partial charge in [-0.1, -0.05) is 41.6 Å². The largest absolute Gasteiger partial charge is 0.441 e.